The van der Waals surface area contributed by atoms with E-state index in [9.17, 15) is 31.1 Å². The van der Waals surface area contributed by atoms with Gasteiger partial charge in [0.15, 0.2) is 0 Å². The third kappa shape index (κ3) is 7.75. The van der Waals surface area contributed by atoms with Crippen molar-refractivity contribution in [3.8, 4) is 0 Å². The van der Waals surface area contributed by atoms with Crippen LogP contribution in [0, 0.1) is 5.92 Å². The van der Waals surface area contributed by atoms with Crippen LogP contribution in [0.5, 0.6) is 0 Å². The van der Waals surface area contributed by atoms with Gasteiger partial charge in [0.1, 0.15) is 0 Å². The maximum absolute atomic E-state index is 12.8. The van der Waals surface area contributed by atoms with E-state index in [0.29, 0.717) is 38.0 Å². The molecule has 3 rings (SSSR count). The Bertz CT molecular complexity index is 949. The smallest absolute Gasteiger partial charge is 0.345 e. The van der Waals surface area contributed by atoms with Crippen molar-refractivity contribution >= 4 is 5.91 Å². The third-order valence-corrected chi connectivity index (χ3v) is 6.02. The van der Waals surface area contributed by atoms with Crippen LogP contribution in [0.3, 0.4) is 0 Å². The zero-order chi connectivity index (χ0) is 24.9. The lowest BCUT2D eigenvalue weighted by atomic mass is 9.97. The van der Waals surface area contributed by atoms with Crippen molar-refractivity contribution in [2.45, 2.75) is 44.6 Å². The van der Waals surface area contributed by atoms with Crippen molar-refractivity contribution in [2.24, 2.45) is 5.92 Å². The van der Waals surface area contributed by atoms with Gasteiger partial charge in [-0.1, -0.05) is 42.5 Å². The Labute approximate surface area is 195 Å². The number of aryl methyl sites for hydroxylation is 2. The first-order valence-electron chi connectivity index (χ1n) is 11.2. The molecule has 0 bridgehead atoms. The van der Waals surface area contributed by atoms with Gasteiger partial charge in [-0.3, -0.25) is 9.69 Å². The van der Waals surface area contributed by atoms with Crippen LogP contribution in [-0.2, 0) is 30.4 Å². The molecule has 0 atom stereocenters. The second-order valence-corrected chi connectivity index (χ2v) is 8.88. The fourth-order valence-electron chi connectivity index (χ4n) is 4.06. The van der Waals surface area contributed by atoms with Crippen LogP contribution in [0.1, 0.15) is 35.1 Å². The number of carbonyl (C=O) groups excluding carboxylic acids is 1. The molecule has 0 N–H and O–H groups in total. The van der Waals surface area contributed by atoms with Gasteiger partial charge in [-0.25, -0.2) is 0 Å². The molecule has 0 radical (unpaired) electrons. The summed E-state index contributed by atoms with van der Waals surface area (Å²) in [5.74, 6) is -0.314. The quantitative estimate of drug-likeness (QED) is 0.423. The van der Waals surface area contributed by atoms with Gasteiger partial charge in [0.25, 0.3) is 0 Å². The second-order valence-electron chi connectivity index (χ2n) is 8.88. The Hall–Kier alpha value is -2.55. The molecule has 1 amide bonds. The fourth-order valence-corrected chi connectivity index (χ4v) is 4.06. The zero-order valence-corrected chi connectivity index (χ0v) is 18.9. The lowest BCUT2D eigenvalue weighted by Crippen LogP contribution is -2.53. The van der Waals surface area contributed by atoms with E-state index in [1.54, 1.807) is 13.1 Å². The SMILES string of the molecule is CN(CCCC(F)(F)F)C(=O)C1CN(Cc2ccc(CCc3cccc(C(F)(F)F)c3)cc2)C1. The minimum atomic E-state index is -4.35. The Morgan fingerprint density at radius 1 is 0.941 bits per heavy atom. The number of hydrogen-bond donors (Lipinski definition) is 0. The van der Waals surface area contributed by atoms with Gasteiger partial charge in [0.2, 0.25) is 5.91 Å². The molecular formula is C25H28F6N2O. The molecule has 0 aromatic heterocycles. The average Bonchev–Trinajstić information content (AvgIpc) is 2.73. The number of benzene rings is 2. The van der Waals surface area contributed by atoms with Crippen LogP contribution in [0.4, 0.5) is 26.3 Å². The van der Waals surface area contributed by atoms with E-state index in [-0.39, 0.29) is 24.8 Å². The van der Waals surface area contributed by atoms with Crippen LogP contribution < -0.4 is 0 Å². The second kappa shape index (κ2) is 10.8. The summed E-state index contributed by atoms with van der Waals surface area (Å²) in [6.07, 6.45) is -8.40. The van der Waals surface area contributed by atoms with Crippen molar-refractivity contribution in [2.75, 3.05) is 26.7 Å². The van der Waals surface area contributed by atoms with Crippen LogP contribution in [0.2, 0.25) is 0 Å². The van der Waals surface area contributed by atoms with Crippen LogP contribution in [0.25, 0.3) is 0 Å². The van der Waals surface area contributed by atoms with Gasteiger partial charge in [-0.05, 0) is 42.0 Å². The Morgan fingerprint density at radius 3 is 2.18 bits per heavy atom. The van der Waals surface area contributed by atoms with Gasteiger partial charge < -0.3 is 4.90 Å². The molecule has 9 heteroatoms. The van der Waals surface area contributed by atoms with Gasteiger partial charge in [-0.2, -0.15) is 26.3 Å². The van der Waals surface area contributed by atoms with E-state index < -0.39 is 24.3 Å². The molecule has 1 aliphatic heterocycles. The standard InChI is InChI=1S/C25H28F6N2O/c1-32(13-3-12-24(26,27)28)23(34)21-16-33(17-21)15-20-10-7-18(8-11-20)6-9-19-4-2-5-22(14-19)25(29,30)31/h2,4-5,7-8,10-11,14,21H,3,6,9,12-13,15-17H2,1H3. The largest absolute Gasteiger partial charge is 0.416 e. The maximum Gasteiger partial charge on any atom is 0.416 e. The molecule has 0 spiro atoms. The van der Waals surface area contributed by atoms with Crippen molar-refractivity contribution in [3.05, 3.63) is 70.8 Å². The Morgan fingerprint density at radius 2 is 1.56 bits per heavy atom. The lowest BCUT2D eigenvalue weighted by Gasteiger charge is -2.40. The minimum Gasteiger partial charge on any atom is -0.345 e. The van der Waals surface area contributed by atoms with E-state index in [4.69, 9.17) is 0 Å². The molecule has 0 unspecified atom stereocenters. The highest BCUT2D eigenvalue weighted by Gasteiger charge is 2.34. The van der Waals surface area contributed by atoms with Crippen molar-refractivity contribution in [3.63, 3.8) is 0 Å². The zero-order valence-electron chi connectivity index (χ0n) is 18.9. The van der Waals surface area contributed by atoms with Crippen LogP contribution in [-0.4, -0.2) is 48.6 Å². The van der Waals surface area contributed by atoms with Gasteiger partial charge >= 0.3 is 12.4 Å². The molecular weight excluding hydrogens is 458 g/mol. The predicted octanol–water partition coefficient (Wildman–Crippen LogP) is 5.72. The summed E-state index contributed by atoms with van der Waals surface area (Å²) in [6, 6.07) is 13.2. The number of likely N-dealkylation sites (tertiary alicyclic amines) is 1. The first-order chi connectivity index (χ1) is 15.9. The molecule has 1 saturated heterocycles. The number of amides is 1. The molecule has 1 aliphatic rings. The van der Waals surface area contributed by atoms with Crippen molar-refractivity contribution in [1.82, 2.24) is 9.80 Å². The summed E-state index contributed by atoms with van der Waals surface area (Å²) in [6.45, 7) is 1.89. The van der Waals surface area contributed by atoms with Crippen LogP contribution in [0.15, 0.2) is 48.5 Å². The monoisotopic (exact) mass is 486 g/mol. The van der Waals surface area contributed by atoms with E-state index >= 15 is 0 Å². The normalized spacial score (nSPS) is 15.3. The van der Waals surface area contributed by atoms with Crippen LogP contribution >= 0.6 is 0 Å². The van der Waals surface area contributed by atoms with Gasteiger partial charge in [0.05, 0.1) is 11.5 Å². The van der Waals surface area contributed by atoms with E-state index in [1.807, 2.05) is 24.3 Å². The Kier molecular flexibility index (Phi) is 8.28. The predicted molar refractivity (Wildman–Crippen MR) is 117 cm³/mol. The van der Waals surface area contributed by atoms with Gasteiger partial charge in [0, 0.05) is 39.6 Å². The van der Waals surface area contributed by atoms with E-state index in [0.717, 1.165) is 17.2 Å². The van der Waals surface area contributed by atoms with Gasteiger partial charge in [-0.15, -0.1) is 0 Å². The first-order valence-corrected chi connectivity index (χ1v) is 11.2. The molecule has 2 aromatic rings. The van der Waals surface area contributed by atoms with Crippen molar-refractivity contribution < 1.29 is 31.1 Å². The molecule has 34 heavy (non-hydrogen) atoms. The lowest BCUT2D eigenvalue weighted by molar-refractivity contribution is -0.144. The molecule has 2 aromatic carbocycles. The summed E-state index contributed by atoms with van der Waals surface area (Å²) in [5.41, 5.74) is 2.09. The topological polar surface area (TPSA) is 23.6 Å². The highest BCUT2D eigenvalue weighted by Crippen LogP contribution is 2.30. The molecule has 1 heterocycles. The maximum atomic E-state index is 12.8. The average molecular weight is 487 g/mol. The number of nitrogens with zero attached hydrogens (tertiary/aromatic N) is 2. The molecule has 0 saturated carbocycles. The van der Waals surface area contributed by atoms with Crippen molar-refractivity contribution in [1.29, 1.82) is 0 Å². The minimum absolute atomic E-state index is 0.0941. The highest BCUT2D eigenvalue weighted by molar-refractivity contribution is 5.79. The number of halogens is 6. The molecule has 0 aliphatic carbocycles. The number of alkyl halides is 6. The number of carbonyl (C=O) groups is 1. The van der Waals surface area contributed by atoms with E-state index in [2.05, 4.69) is 4.90 Å². The number of hydrogen-bond acceptors (Lipinski definition) is 2. The summed E-state index contributed by atoms with van der Waals surface area (Å²) in [7, 11) is 1.54. The first kappa shape index (κ1) is 26.1. The highest BCUT2D eigenvalue weighted by atomic mass is 19.4. The van der Waals surface area contributed by atoms with E-state index in [1.165, 1.54) is 17.0 Å². The summed E-state index contributed by atoms with van der Waals surface area (Å²) in [5, 5.41) is 0. The molecule has 1 fully saturated rings. The third-order valence-electron chi connectivity index (χ3n) is 6.02. The fraction of sp³-hybridized carbons (Fsp3) is 0.480. The molecule has 3 nitrogen and oxygen atoms in total. The Balaban J connectivity index is 1.40. The summed E-state index contributed by atoms with van der Waals surface area (Å²) >= 11 is 0. The number of rotatable bonds is 9. The molecule has 186 valence electrons. The summed E-state index contributed by atoms with van der Waals surface area (Å²) < 4.78 is 75.3. The summed E-state index contributed by atoms with van der Waals surface area (Å²) in [4.78, 5) is 15.8.